The topological polar surface area (TPSA) is 51.8 Å². The molecule has 0 spiro atoms. The van der Waals surface area contributed by atoms with Crippen LogP contribution in [-0.4, -0.2) is 16.5 Å². The fourth-order valence-electron chi connectivity index (χ4n) is 1.83. The number of hydrogen-bond donors (Lipinski definition) is 1. The molecular formula is C12H17N3S. The molecule has 0 bridgehead atoms. The molecule has 0 aliphatic carbocycles. The number of rotatable bonds is 4. The van der Waals surface area contributed by atoms with Gasteiger partial charge in [0, 0.05) is 18.7 Å². The molecule has 0 radical (unpaired) electrons. The summed E-state index contributed by atoms with van der Waals surface area (Å²) >= 11 is 1.67. The van der Waals surface area contributed by atoms with Crippen LogP contribution in [0.3, 0.4) is 0 Å². The van der Waals surface area contributed by atoms with E-state index in [1.165, 1.54) is 0 Å². The third kappa shape index (κ3) is 2.39. The van der Waals surface area contributed by atoms with E-state index in [9.17, 15) is 0 Å². The van der Waals surface area contributed by atoms with Crippen molar-refractivity contribution in [2.45, 2.75) is 26.2 Å². The van der Waals surface area contributed by atoms with Crippen molar-refractivity contribution in [2.24, 2.45) is 11.7 Å². The largest absolute Gasteiger partial charge is 0.330 e. The van der Waals surface area contributed by atoms with E-state index in [-0.39, 0.29) is 0 Å². The highest BCUT2D eigenvalue weighted by molar-refractivity contribution is 7.18. The van der Waals surface area contributed by atoms with Crippen LogP contribution in [-0.2, 0) is 0 Å². The molecule has 2 aromatic heterocycles. The molecule has 16 heavy (non-hydrogen) atoms. The summed E-state index contributed by atoms with van der Waals surface area (Å²) in [5.41, 5.74) is 6.81. The minimum Gasteiger partial charge on any atom is -0.330 e. The third-order valence-electron chi connectivity index (χ3n) is 2.57. The summed E-state index contributed by atoms with van der Waals surface area (Å²) in [4.78, 5) is 9.94. The van der Waals surface area contributed by atoms with Gasteiger partial charge >= 0.3 is 0 Å². The summed E-state index contributed by atoms with van der Waals surface area (Å²) in [6, 6.07) is 3.93. The lowest BCUT2D eigenvalue weighted by molar-refractivity contribution is 0.503. The second-order valence-corrected chi connectivity index (χ2v) is 5.45. The lowest BCUT2D eigenvalue weighted by atomic mass is 9.98. The molecule has 0 fully saturated rings. The Morgan fingerprint density at radius 2 is 2.25 bits per heavy atom. The standard InChI is InChI=1S/C12H17N3S/c1-8(2)6-9(7-13)11-15-10-4-3-5-14-12(10)16-11/h3-5,8-9H,6-7,13H2,1-2H3. The number of hydrogen-bond acceptors (Lipinski definition) is 4. The predicted molar refractivity (Wildman–Crippen MR) is 68.7 cm³/mol. The first-order valence-electron chi connectivity index (χ1n) is 5.62. The maximum Gasteiger partial charge on any atom is 0.143 e. The quantitative estimate of drug-likeness (QED) is 0.886. The smallest absolute Gasteiger partial charge is 0.143 e. The van der Waals surface area contributed by atoms with Gasteiger partial charge in [0.25, 0.3) is 0 Å². The van der Waals surface area contributed by atoms with Crippen LogP contribution in [0.25, 0.3) is 10.3 Å². The van der Waals surface area contributed by atoms with Crippen LogP contribution >= 0.6 is 11.3 Å². The van der Waals surface area contributed by atoms with Crippen LogP contribution in [0.4, 0.5) is 0 Å². The number of aromatic nitrogens is 2. The first-order chi connectivity index (χ1) is 7.70. The molecule has 0 aromatic carbocycles. The first kappa shape index (κ1) is 11.5. The summed E-state index contributed by atoms with van der Waals surface area (Å²) in [7, 11) is 0. The van der Waals surface area contributed by atoms with Crippen molar-refractivity contribution in [2.75, 3.05) is 6.54 Å². The summed E-state index contributed by atoms with van der Waals surface area (Å²) in [5, 5.41) is 1.13. The lowest BCUT2D eigenvalue weighted by Crippen LogP contribution is -2.14. The lowest BCUT2D eigenvalue weighted by Gasteiger charge is -2.13. The Labute approximate surface area is 99.7 Å². The van der Waals surface area contributed by atoms with Crippen LogP contribution in [0.1, 0.15) is 31.2 Å². The Bertz CT molecular complexity index is 431. The molecule has 1 atom stereocenters. The fraction of sp³-hybridized carbons (Fsp3) is 0.500. The number of thiazole rings is 1. The predicted octanol–water partition coefficient (Wildman–Crippen LogP) is 2.78. The summed E-state index contributed by atoms with van der Waals surface area (Å²) in [5.74, 6) is 1.02. The van der Waals surface area contributed by atoms with Crippen molar-refractivity contribution in [3.05, 3.63) is 23.3 Å². The van der Waals surface area contributed by atoms with Gasteiger partial charge in [-0.25, -0.2) is 9.97 Å². The Kier molecular flexibility index (Phi) is 3.51. The molecule has 1 unspecified atom stereocenters. The van der Waals surface area contributed by atoms with Crippen molar-refractivity contribution in [1.29, 1.82) is 0 Å². The second-order valence-electron chi connectivity index (χ2n) is 4.44. The van der Waals surface area contributed by atoms with E-state index >= 15 is 0 Å². The van der Waals surface area contributed by atoms with Crippen LogP contribution in [0.15, 0.2) is 18.3 Å². The normalized spacial score (nSPS) is 13.5. The molecule has 0 saturated carbocycles. The molecular weight excluding hydrogens is 218 g/mol. The van der Waals surface area contributed by atoms with Crippen molar-refractivity contribution in [1.82, 2.24) is 9.97 Å². The van der Waals surface area contributed by atoms with Gasteiger partial charge in [0.1, 0.15) is 10.3 Å². The summed E-state index contributed by atoms with van der Waals surface area (Å²) in [6.07, 6.45) is 2.90. The van der Waals surface area contributed by atoms with E-state index in [2.05, 4.69) is 23.8 Å². The van der Waals surface area contributed by atoms with E-state index in [1.807, 2.05) is 18.3 Å². The van der Waals surface area contributed by atoms with E-state index in [4.69, 9.17) is 5.73 Å². The van der Waals surface area contributed by atoms with Gasteiger partial charge in [0.05, 0.1) is 5.01 Å². The summed E-state index contributed by atoms with van der Waals surface area (Å²) in [6.45, 7) is 5.10. The van der Waals surface area contributed by atoms with Gasteiger partial charge in [-0.05, 0) is 24.5 Å². The van der Waals surface area contributed by atoms with E-state index in [0.717, 1.165) is 21.8 Å². The fourth-order valence-corrected chi connectivity index (χ4v) is 2.86. The van der Waals surface area contributed by atoms with Gasteiger partial charge in [0.2, 0.25) is 0 Å². The maximum absolute atomic E-state index is 5.82. The van der Waals surface area contributed by atoms with Crippen molar-refractivity contribution in [3.63, 3.8) is 0 Å². The minimum absolute atomic E-state index is 0.374. The zero-order chi connectivity index (χ0) is 11.5. The monoisotopic (exact) mass is 235 g/mol. The molecule has 0 aliphatic rings. The van der Waals surface area contributed by atoms with Gasteiger partial charge in [-0.15, -0.1) is 0 Å². The van der Waals surface area contributed by atoms with Crippen molar-refractivity contribution < 1.29 is 0 Å². The molecule has 2 N–H and O–H groups in total. The first-order valence-corrected chi connectivity index (χ1v) is 6.44. The van der Waals surface area contributed by atoms with Gasteiger partial charge in [-0.1, -0.05) is 25.2 Å². The van der Waals surface area contributed by atoms with E-state index in [1.54, 1.807) is 11.3 Å². The number of fused-ring (bicyclic) bond motifs is 1. The molecule has 2 rings (SSSR count). The van der Waals surface area contributed by atoms with E-state index < -0.39 is 0 Å². The Morgan fingerprint density at radius 1 is 1.44 bits per heavy atom. The van der Waals surface area contributed by atoms with Gasteiger partial charge in [-0.2, -0.15) is 0 Å². The van der Waals surface area contributed by atoms with Gasteiger partial charge in [-0.3, -0.25) is 0 Å². The van der Waals surface area contributed by atoms with Crippen LogP contribution in [0.5, 0.6) is 0 Å². The zero-order valence-corrected chi connectivity index (χ0v) is 10.5. The SMILES string of the molecule is CC(C)CC(CN)c1nc2cccnc2s1. The van der Waals surface area contributed by atoms with Gasteiger partial charge in [0.15, 0.2) is 0 Å². The number of nitrogens with two attached hydrogens (primary N) is 1. The van der Waals surface area contributed by atoms with Crippen LogP contribution in [0.2, 0.25) is 0 Å². The molecule has 0 saturated heterocycles. The highest BCUT2D eigenvalue weighted by Gasteiger charge is 2.16. The molecule has 0 amide bonds. The number of pyridine rings is 1. The minimum atomic E-state index is 0.374. The average Bonchev–Trinajstić information content (AvgIpc) is 2.68. The van der Waals surface area contributed by atoms with E-state index in [0.29, 0.717) is 18.4 Å². The van der Waals surface area contributed by atoms with Crippen LogP contribution in [0, 0.1) is 5.92 Å². The second kappa shape index (κ2) is 4.89. The average molecular weight is 235 g/mol. The molecule has 2 aromatic rings. The molecule has 2 heterocycles. The maximum atomic E-state index is 5.82. The summed E-state index contributed by atoms with van der Waals surface area (Å²) < 4.78 is 0. The Hall–Kier alpha value is -1.00. The Morgan fingerprint density at radius 3 is 2.88 bits per heavy atom. The highest BCUT2D eigenvalue weighted by Crippen LogP contribution is 2.29. The van der Waals surface area contributed by atoms with Crippen LogP contribution < -0.4 is 5.73 Å². The molecule has 3 nitrogen and oxygen atoms in total. The van der Waals surface area contributed by atoms with Crippen molar-refractivity contribution in [3.8, 4) is 0 Å². The molecule has 0 aliphatic heterocycles. The number of nitrogens with zero attached hydrogens (tertiary/aromatic N) is 2. The Balaban J connectivity index is 2.30. The van der Waals surface area contributed by atoms with Crippen molar-refractivity contribution >= 4 is 21.7 Å². The third-order valence-corrected chi connectivity index (χ3v) is 3.71. The van der Waals surface area contributed by atoms with Gasteiger partial charge < -0.3 is 5.73 Å². The zero-order valence-electron chi connectivity index (χ0n) is 9.68. The molecule has 4 heteroatoms. The highest BCUT2D eigenvalue weighted by atomic mass is 32.1. The molecule has 86 valence electrons.